The molecule has 1 N–H and O–H groups in total. The van der Waals surface area contributed by atoms with Gasteiger partial charge in [-0.25, -0.2) is 0 Å². The number of nitrogens with zero attached hydrogens (tertiary/aromatic N) is 1. The Morgan fingerprint density at radius 3 is 2.09 bits per heavy atom. The van der Waals surface area contributed by atoms with Crippen LogP contribution in [-0.2, 0) is 12.0 Å². The third-order valence-electron chi connectivity index (χ3n) is 6.79. The highest BCUT2D eigenvalue weighted by Crippen LogP contribution is 2.34. The van der Waals surface area contributed by atoms with E-state index in [4.69, 9.17) is 16.3 Å². The summed E-state index contributed by atoms with van der Waals surface area (Å²) in [5, 5.41) is 12.6. The van der Waals surface area contributed by atoms with Crippen LogP contribution in [0.3, 0.4) is 0 Å². The van der Waals surface area contributed by atoms with Crippen LogP contribution >= 0.6 is 11.6 Å². The van der Waals surface area contributed by atoms with Crippen molar-refractivity contribution in [1.29, 1.82) is 0 Å². The first kappa shape index (κ1) is 23.8. The van der Waals surface area contributed by atoms with Gasteiger partial charge in [-0.15, -0.1) is 0 Å². The van der Waals surface area contributed by atoms with E-state index in [0.717, 1.165) is 48.0 Å². The molecule has 0 bridgehead atoms. The summed E-state index contributed by atoms with van der Waals surface area (Å²) in [6.45, 7) is 8.35. The molecule has 0 aromatic heterocycles. The van der Waals surface area contributed by atoms with Crippen LogP contribution < -0.4 is 4.74 Å². The molecule has 4 rings (SSSR count). The Labute approximate surface area is 203 Å². The molecule has 1 unspecified atom stereocenters. The molecule has 0 amide bonds. The largest absolute Gasteiger partial charge is 0.492 e. The lowest BCUT2D eigenvalue weighted by Gasteiger charge is -2.30. The predicted octanol–water partition coefficient (Wildman–Crippen LogP) is 6.24. The molecule has 174 valence electrons. The number of likely N-dealkylation sites (tertiary alicyclic amines) is 1. The summed E-state index contributed by atoms with van der Waals surface area (Å²) >= 11 is 6.07. The molecule has 0 spiro atoms. The second-order valence-corrected chi connectivity index (χ2v) is 9.86. The smallest absolute Gasteiger partial charge is 0.119 e. The quantitative estimate of drug-likeness (QED) is 0.429. The van der Waals surface area contributed by atoms with Crippen molar-refractivity contribution >= 4 is 11.6 Å². The van der Waals surface area contributed by atoms with Gasteiger partial charge in [0.15, 0.2) is 0 Å². The second-order valence-electron chi connectivity index (χ2n) is 9.43. The first-order valence-electron chi connectivity index (χ1n) is 11.9. The van der Waals surface area contributed by atoms with Crippen LogP contribution in [0.4, 0.5) is 0 Å². The minimum atomic E-state index is -1.15. The molecule has 1 aliphatic rings. The Kier molecular flexibility index (Phi) is 7.75. The number of rotatable bonds is 8. The second kappa shape index (κ2) is 10.7. The molecule has 1 heterocycles. The average molecular weight is 464 g/mol. The first-order chi connectivity index (χ1) is 15.9. The standard InChI is InChI=1S/C29H34ClNO2/c1-22-3-7-25(8-4-22)29(32,21-24-5-11-27(30)12-6-24)26-9-13-28(14-10-26)33-20-19-31-17-15-23(2)16-18-31/h3-14,23,32H,15-21H2,1-2H3. The van der Waals surface area contributed by atoms with Crippen molar-refractivity contribution in [2.45, 2.75) is 38.7 Å². The Balaban J connectivity index is 1.48. The minimum absolute atomic E-state index is 0.459. The van der Waals surface area contributed by atoms with Gasteiger partial charge in [0.1, 0.15) is 18.0 Å². The van der Waals surface area contributed by atoms with E-state index in [0.29, 0.717) is 18.1 Å². The van der Waals surface area contributed by atoms with Crippen LogP contribution in [-0.4, -0.2) is 36.2 Å². The van der Waals surface area contributed by atoms with E-state index in [-0.39, 0.29) is 0 Å². The lowest BCUT2D eigenvalue weighted by molar-refractivity contribution is 0.0810. The summed E-state index contributed by atoms with van der Waals surface area (Å²) in [5.41, 5.74) is 2.76. The molecular weight excluding hydrogens is 430 g/mol. The van der Waals surface area contributed by atoms with Crippen LogP contribution in [0.5, 0.6) is 5.75 Å². The Morgan fingerprint density at radius 2 is 1.48 bits per heavy atom. The summed E-state index contributed by atoms with van der Waals surface area (Å²) in [6, 6.07) is 23.7. The number of halogens is 1. The van der Waals surface area contributed by atoms with Crippen molar-refractivity contribution in [2.24, 2.45) is 5.92 Å². The molecule has 1 aliphatic heterocycles. The molecular formula is C29H34ClNO2. The lowest BCUT2D eigenvalue weighted by atomic mass is 9.81. The highest BCUT2D eigenvalue weighted by atomic mass is 35.5. The molecule has 3 aromatic rings. The van der Waals surface area contributed by atoms with Crippen molar-refractivity contribution in [1.82, 2.24) is 4.90 Å². The van der Waals surface area contributed by atoms with E-state index in [2.05, 4.69) is 18.7 Å². The van der Waals surface area contributed by atoms with Gasteiger partial charge < -0.3 is 9.84 Å². The van der Waals surface area contributed by atoms with Gasteiger partial charge in [-0.2, -0.15) is 0 Å². The molecule has 0 saturated carbocycles. The van der Waals surface area contributed by atoms with Crippen LogP contribution in [0.25, 0.3) is 0 Å². The number of aryl methyl sites for hydroxylation is 1. The van der Waals surface area contributed by atoms with Crippen LogP contribution in [0.2, 0.25) is 5.02 Å². The highest BCUT2D eigenvalue weighted by molar-refractivity contribution is 6.30. The van der Waals surface area contributed by atoms with Gasteiger partial charge in [0.2, 0.25) is 0 Å². The van der Waals surface area contributed by atoms with Gasteiger partial charge in [-0.1, -0.05) is 72.6 Å². The van der Waals surface area contributed by atoms with Gasteiger partial charge in [0, 0.05) is 18.0 Å². The fourth-order valence-electron chi connectivity index (χ4n) is 4.50. The topological polar surface area (TPSA) is 32.7 Å². The zero-order valence-electron chi connectivity index (χ0n) is 19.6. The summed E-state index contributed by atoms with van der Waals surface area (Å²) in [7, 11) is 0. The lowest BCUT2D eigenvalue weighted by Crippen LogP contribution is -2.35. The van der Waals surface area contributed by atoms with Crippen molar-refractivity contribution in [3.63, 3.8) is 0 Å². The molecule has 3 nitrogen and oxygen atoms in total. The summed E-state index contributed by atoms with van der Waals surface area (Å²) in [4.78, 5) is 2.48. The van der Waals surface area contributed by atoms with E-state index in [1.54, 1.807) is 0 Å². The summed E-state index contributed by atoms with van der Waals surface area (Å²) in [5.74, 6) is 1.68. The predicted molar refractivity (Wildman–Crippen MR) is 136 cm³/mol. The number of hydrogen-bond donors (Lipinski definition) is 1. The van der Waals surface area contributed by atoms with Crippen LogP contribution in [0, 0.1) is 12.8 Å². The van der Waals surface area contributed by atoms with Crippen molar-refractivity contribution in [2.75, 3.05) is 26.2 Å². The van der Waals surface area contributed by atoms with Gasteiger partial charge >= 0.3 is 0 Å². The molecule has 0 radical (unpaired) electrons. The maximum absolute atomic E-state index is 11.9. The normalized spacial score (nSPS) is 17.0. The maximum atomic E-state index is 11.9. The molecule has 0 aliphatic carbocycles. The van der Waals surface area contributed by atoms with Gasteiger partial charge in [0.25, 0.3) is 0 Å². The van der Waals surface area contributed by atoms with E-state index in [1.807, 2.05) is 72.8 Å². The van der Waals surface area contributed by atoms with E-state index >= 15 is 0 Å². The molecule has 1 atom stereocenters. The third-order valence-corrected chi connectivity index (χ3v) is 7.04. The highest BCUT2D eigenvalue weighted by Gasteiger charge is 2.32. The molecule has 33 heavy (non-hydrogen) atoms. The number of piperidine rings is 1. The monoisotopic (exact) mass is 463 g/mol. The number of benzene rings is 3. The number of aliphatic hydroxyl groups is 1. The molecule has 4 heteroatoms. The van der Waals surface area contributed by atoms with Crippen molar-refractivity contribution in [3.05, 3.63) is 100 Å². The number of ether oxygens (including phenoxy) is 1. The third kappa shape index (κ3) is 6.17. The van der Waals surface area contributed by atoms with E-state index < -0.39 is 5.60 Å². The fourth-order valence-corrected chi connectivity index (χ4v) is 4.63. The van der Waals surface area contributed by atoms with E-state index in [9.17, 15) is 5.11 Å². The van der Waals surface area contributed by atoms with Crippen molar-refractivity contribution < 1.29 is 9.84 Å². The van der Waals surface area contributed by atoms with Crippen molar-refractivity contribution in [3.8, 4) is 5.75 Å². The molecule has 1 fully saturated rings. The van der Waals surface area contributed by atoms with E-state index in [1.165, 1.54) is 18.4 Å². The Morgan fingerprint density at radius 1 is 0.909 bits per heavy atom. The van der Waals surface area contributed by atoms with Gasteiger partial charge in [0.05, 0.1) is 0 Å². The molecule has 1 saturated heterocycles. The SMILES string of the molecule is Cc1ccc(C(O)(Cc2ccc(Cl)cc2)c2ccc(OCCN3CCC(C)CC3)cc2)cc1. The fraction of sp³-hybridized carbons (Fsp3) is 0.379. The number of hydrogen-bond acceptors (Lipinski definition) is 3. The zero-order chi connectivity index (χ0) is 23.3. The average Bonchev–Trinajstić information content (AvgIpc) is 2.82. The van der Waals surface area contributed by atoms with Gasteiger partial charge in [-0.3, -0.25) is 4.90 Å². The minimum Gasteiger partial charge on any atom is -0.492 e. The van der Waals surface area contributed by atoms with Crippen LogP contribution in [0.1, 0.15) is 42.0 Å². The maximum Gasteiger partial charge on any atom is 0.119 e. The Bertz CT molecular complexity index is 1010. The Hall–Kier alpha value is -2.33. The first-order valence-corrected chi connectivity index (χ1v) is 12.3. The summed E-state index contributed by atoms with van der Waals surface area (Å²) < 4.78 is 6.02. The van der Waals surface area contributed by atoms with Crippen LogP contribution in [0.15, 0.2) is 72.8 Å². The van der Waals surface area contributed by atoms with Gasteiger partial charge in [-0.05, 0) is 79.7 Å². The summed E-state index contributed by atoms with van der Waals surface area (Å²) in [6.07, 6.45) is 3.01. The zero-order valence-corrected chi connectivity index (χ0v) is 20.4. The molecule has 3 aromatic carbocycles.